The maximum Gasteiger partial charge on any atom is 0.332 e. The lowest BCUT2D eigenvalue weighted by molar-refractivity contribution is 0.592. The smallest absolute Gasteiger partial charge is 0.314 e. The Morgan fingerprint density at radius 2 is 1.73 bits per heavy atom. The molecule has 7 nitrogen and oxygen atoms in total. The second-order valence-corrected chi connectivity index (χ2v) is 5.63. The number of nitrogens with zero attached hydrogens (tertiary/aromatic N) is 5. The summed E-state index contributed by atoms with van der Waals surface area (Å²) in [4.78, 5) is 29.7. The number of hydrogen-bond donors (Lipinski definition) is 0. The molecule has 0 saturated heterocycles. The monoisotopic (exact) mass is 303 g/mol. The highest BCUT2D eigenvalue weighted by Gasteiger charge is 2.21. The third-order valence-electron chi connectivity index (χ3n) is 4.39. The van der Waals surface area contributed by atoms with Gasteiger partial charge in [-0.1, -0.05) is 6.92 Å². The fourth-order valence-electron chi connectivity index (χ4n) is 3.11. The fourth-order valence-corrected chi connectivity index (χ4v) is 3.11. The number of aryl methyl sites for hydroxylation is 3. The summed E-state index contributed by atoms with van der Waals surface area (Å²) in [5, 5.41) is 0. The first-order chi connectivity index (χ1) is 10.4. The van der Waals surface area contributed by atoms with Crippen LogP contribution in [0.5, 0.6) is 0 Å². The van der Waals surface area contributed by atoms with Gasteiger partial charge in [-0.3, -0.25) is 18.3 Å². The van der Waals surface area contributed by atoms with E-state index in [0.717, 1.165) is 24.4 Å². The van der Waals surface area contributed by atoms with Crippen molar-refractivity contribution in [3.63, 3.8) is 0 Å². The van der Waals surface area contributed by atoms with Crippen molar-refractivity contribution >= 4 is 16.9 Å². The average molecular weight is 303 g/mol. The number of rotatable bonds is 3. The van der Waals surface area contributed by atoms with Gasteiger partial charge in [-0.2, -0.15) is 4.98 Å². The van der Waals surface area contributed by atoms with Gasteiger partial charge in [0.2, 0.25) is 5.78 Å². The van der Waals surface area contributed by atoms with E-state index in [1.54, 1.807) is 7.05 Å². The molecule has 3 aromatic heterocycles. The molecule has 3 heterocycles. The van der Waals surface area contributed by atoms with Gasteiger partial charge in [0.15, 0.2) is 11.2 Å². The molecule has 0 unspecified atom stereocenters. The number of hydrogen-bond acceptors (Lipinski definition) is 3. The highest BCUT2D eigenvalue weighted by Crippen LogP contribution is 2.20. The van der Waals surface area contributed by atoms with Crippen molar-refractivity contribution in [3.05, 3.63) is 32.2 Å². The second kappa shape index (κ2) is 4.86. The van der Waals surface area contributed by atoms with Gasteiger partial charge >= 0.3 is 5.69 Å². The second-order valence-electron chi connectivity index (χ2n) is 5.63. The van der Waals surface area contributed by atoms with E-state index < -0.39 is 0 Å². The molecule has 3 aromatic rings. The van der Waals surface area contributed by atoms with Gasteiger partial charge in [0.25, 0.3) is 5.56 Å². The fraction of sp³-hybridized carbons (Fsp3) is 0.533. The largest absolute Gasteiger partial charge is 0.332 e. The Morgan fingerprint density at radius 3 is 2.32 bits per heavy atom. The third kappa shape index (κ3) is 1.65. The number of fused-ring (bicyclic) bond motifs is 3. The molecule has 0 fully saturated rings. The Balaban J connectivity index is 2.62. The van der Waals surface area contributed by atoms with E-state index in [0.29, 0.717) is 23.5 Å². The minimum absolute atomic E-state index is 0.260. The van der Waals surface area contributed by atoms with Crippen LogP contribution in [-0.4, -0.2) is 23.1 Å². The summed E-state index contributed by atoms with van der Waals surface area (Å²) in [7, 11) is 1.67. The topological polar surface area (TPSA) is 66.2 Å². The summed E-state index contributed by atoms with van der Waals surface area (Å²) in [6.45, 7) is 9.17. The van der Waals surface area contributed by atoms with E-state index in [2.05, 4.69) is 9.55 Å². The minimum Gasteiger partial charge on any atom is -0.314 e. The summed E-state index contributed by atoms with van der Waals surface area (Å²) in [5.41, 5.74) is 2.43. The Kier molecular flexibility index (Phi) is 3.23. The van der Waals surface area contributed by atoms with Gasteiger partial charge in [-0.15, -0.1) is 0 Å². The normalized spacial score (nSPS) is 11.9. The van der Waals surface area contributed by atoms with Crippen molar-refractivity contribution < 1.29 is 0 Å². The van der Waals surface area contributed by atoms with Crippen LogP contribution in [0.4, 0.5) is 0 Å². The zero-order valence-corrected chi connectivity index (χ0v) is 13.7. The molecule has 3 rings (SSSR count). The number of imidazole rings is 2. The van der Waals surface area contributed by atoms with Crippen LogP contribution in [0, 0.1) is 13.8 Å². The molecule has 0 bridgehead atoms. The van der Waals surface area contributed by atoms with E-state index in [9.17, 15) is 9.59 Å². The van der Waals surface area contributed by atoms with Crippen molar-refractivity contribution in [2.75, 3.05) is 0 Å². The standard InChI is InChI=1S/C15H21N5O2/c1-6-8-19-13(21)11-12(17(5)15(19)22)16-14-18(7-2)9(3)10(4)20(11)14/h6-8H2,1-5H3. The molecular weight excluding hydrogens is 282 g/mol. The zero-order valence-electron chi connectivity index (χ0n) is 13.7. The van der Waals surface area contributed by atoms with Gasteiger partial charge in [-0.05, 0) is 27.2 Å². The molecule has 0 aliphatic carbocycles. The van der Waals surface area contributed by atoms with Crippen LogP contribution in [0.1, 0.15) is 31.7 Å². The highest BCUT2D eigenvalue weighted by atomic mass is 16.2. The SMILES string of the molecule is CCCn1c(=O)c2c(nc3n(CC)c(C)c(C)n23)n(C)c1=O. The Morgan fingerprint density at radius 1 is 1.05 bits per heavy atom. The number of aromatic nitrogens is 5. The van der Waals surface area contributed by atoms with E-state index in [1.165, 1.54) is 9.13 Å². The van der Waals surface area contributed by atoms with Crippen molar-refractivity contribution in [2.45, 2.75) is 47.2 Å². The van der Waals surface area contributed by atoms with Crippen LogP contribution in [-0.2, 0) is 20.1 Å². The molecule has 0 aliphatic heterocycles. The van der Waals surface area contributed by atoms with E-state index in [-0.39, 0.29) is 11.2 Å². The third-order valence-corrected chi connectivity index (χ3v) is 4.39. The van der Waals surface area contributed by atoms with Crippen molar-refractivity contribution in [2.24, 2.45) is 7.05 Å². The predicted molar refractivity (Wildman–Crippen MR) is 85.6 cm³/mol. The molecule has 0 aliphatic rings. The van der Waals surface area contributed by atoms with Gasteiger partial charge in [-0.25, -0.2) is 4.79 Å². The first-order valence-corrected chi connectivity index (χ1v) is 7.61. The Bertz CT molecular complexity index is 999. The average Bonchev–Trinajstić information content (AvgIpc) is 2.99. The summed E-state index contributed by atoms with van der Waals surface area (Å²) >= 11 is 0. The Labute approximate surface area is 127 Å². The summed E-state index contributed by atoms with van der Waals surface area (Å²) in [6.07, 6.45) is 0.733. The minimum atomic E-state index is -0.308. The Hall–Kier alpha value is -2.31. The van der Waals surface area contributed by atoms with E-state index in [1.807, 2.05) is 32.1 Å². The van der Waals surface area contributed by atoms with Gasteiger partial charge in [0.1, 0.15) is 0 Å². The molecule has 0 saturated carbocycles. The molecule has 0 amide bonds. The van der Waals surface area contributed by atoms with Crippen LogP contribution in [0.25, 0.3) is 16.9 Å². The lowest BCUT2D eigenvalue weighted by atomic mass is 10.3. The summed E-state index contributed by atoms with van der Waals surface area (Å²) in [5.74, 6) is 0.717. The summed E-state index contributed by atoms with van der Waals surface area (Å²) in [6, 6.07) is 0. The molecule has 0 aromatic carbocycles. The van der Waals surface area contributed by atoms with Crippen molar-refractivity contribution in [1.29, 1.82) is 0 Å². The van der Waals surface area contributed by atoms with Crippen LogP contribution < -0.4 is 11.2 Å². The molecule has 0 atom stereocenters. The van der Waals surface area contributed by atoms with Crippen molar-refractivity contribution in [3.8, 4) is 0 Å². The van der Waals surface area contributed by atoms with E-state index >= 15 is 0 Å². The zero-order chi connectivity index (χ0) is 16.2. The van der Waals surface area contributed by atoms with Gasteiger partial charge in [0, 0.05) is 31.5 Å². The molecule has 118 valence electrons. The molecule has 22 heavy (non-hydrogen) atoms. The molecule has 7 heteroatoms. The maximum atomic E-state index is 12.8. The lowest BCUT2D eigenvalue weighted by Crippen LogP contribution is -2.39. The molecule has 0 spiro atoms. The molecule has 0 radical (unpaired) electrons. The molecule has 0 N–H and O–H groups in total. The quantitative estimate of drug-likeness (QED) is 0.730. The van der Waals surface area contributed by atoms with E-state index in [4.69, 9.17) is 0 Å². The predicted octanol–water partition coefficient (Wildman–Crippen LogP) is 1.20. The van der Waals surface area contributed by atoms with Crippen molar-refractivity contribution in [1.82, 2.24) is 23.1 Å². The van der Waals surface area contributed by atoms with Crippen LogP contribution in [0.15, 0.2) is 9.59 Å². The van der Waals surface area contributed by atoms with Crippen LogP contribution in [0.3, 0.4) is 0 Å². The maximum absolute atomic E-state index is 12.8. The first-order valence-electron chi connectivity index (χ1n) is 7.61. The van der Waals surface area contributed by atoms with Gasteiger partial charge in [0.05, 0.1) is 0 Å². The summed E-state index contributed by atoms with van der Waals surface area (Å²) < 4.78 is 6.70. The van der Waals surface area contributed by atoms with Crippen LogP contribution in [0.2, 0.25) is 0 Å². The lowest BCUT2D eigenvalue weighted by Gasteiger charge is -2.07. The molecular formula is C15H21N5O2. The first kappa shape index (κ1) is 14.6. The van der Waals surface area contributed by atoms with Crippen LogP contribution >= 0.6 is 0 Å². The highest BCUT2D eigenvalue weighted by molar-refractivity contribution is 5.76. The van der Waals surface area contributed by atoms with Gasteiger partial charge < -0.3 is 4.57 Å².